The Hall–Kier alpha value is -4.68. The van der Waals surface area contributed by atoms with Gasteiger partial charge < -0.3 is 15.0 Å². The van der Waals surface area contributed by atoms with Crippen LogP contribution >= 0.6 is 11.6 Å². The number of hydrogen-bond donors (Lipinski definition) is 1. The summed E-state index contributed by atoms with van der Waals surface area (Å²) in [5, 5.41) is 3.33. The van der Waals surface area contributed by atoms with Gasteiger partial charge in [0.1, 0.15) is 17.2 Å². The summed E-state index contributed by atoms with van der Waals surface area (Å²) in [5.74, 6) is -1.40. The van der Waals surface area contributed by atoms with Crippen LogP contribution in [0.15, 0.2) is 103 Å². The Labute approximate surface area is 242 Å². The minimum Gasteiger partial charge on any atom is -0.497 e. The maximum Gasteiger partial charge on any atom is 0.238 e. The number of nitrogens with one attached hydrogen (secondary N) is 1. The quantitative estimate of drug-likeness (QED) is 0.289. The molecule has 1 fully saturated rings. The second-order valence-electron chi connectivity index (χ2n) is 10.5. The molecule has 0 bridgehead atoms. The third kappa shape index (κ3) is 3.54. The molecule has 6 nitrogen and oxygen atoms in total. The minimum absolute atomic E-state index is 0.263. The van der Waals surface area contributed by atoms with Crippen LogP contribution < -0.4 is 10.1 Å². The summed E-state index contributed by atoms with van der Waals surface area (Å²) in [4.78, 5) is 45.7. The molecule has 1 N–H and O–H groups in total. The van der Waals surface area contributed by atoms with Crippen molar-refractivity contribution in [3.63, 3.8) is 0 Å². The molecule has 3 aliphatic heterocycles. The van der Waals surface area contributed by atoms with Crippen molar-refractivity contribution in [1.82, 2.24) is 4.90 Å². The van der Waals surface area contributed by atoms with Crippen LogP contribution in [0.3, 0.4) is 0 Å². The fourth-order valence-electron chi connectivity index (χ4n) is 6.92. The SMILES string of the molecule is COc1ccc(C(=O)[C@H]2[C@@H](C(=O)c3ccccc3Cl)[C@]3(C(=O)Nc4ccccc43)[C@H]3c4ccccc4C=CN23)cc1. The number of hydrogen-bond acceptors (Lipinski definition) is 5. The van der Waals surface area contributed by atoms with Crippen molar-refractivity contribution in [3.05, 3.63) is 136 Å². The molecular weight excluding hydrogens is 536 g/mol. The van der Waals surface area contributed by atoms with Gasteiger partial charge in [-0.2, -0.15) is 0 Å². The van der Waals surface area contributed by atoms with E-state index in [1.165, 1.54) is 0 Å². The number of ether oxygens (including phenoxy) is 1. The maximum atomic E-state index is 14.8. The van der Waals surface area contributed by atoms with Crippen molar-refractivity contribution in [2.45, 2.75) is 17.5 Å². The number of fused-ring (bicyclic) bond motifs is 6. The fourth-order valence-corrected chi connectivity index (χ4v) is 7.15. The molecule has 3 aliphatic rings. The number of rotatable bonds is 5. The minimum atomic E-state index is -1.40. The van der Waals surface area contributed by atoms with Gasteiger partial charge in [0.2, 0.25) is 5.91 Å². The molecule has 7 rings (SSSR count). The number of carbonyl (C=O) groups is 3. The summed E-state index contributed by atoms with van der Waals surface area (Å²) in [7, 11) is 1.56. The molecule has 4 aromatic carbocycles. The van der Waals surface area contributed by atoms with E-state index in [1.54, 1.807) is 55.6 Å². The van der Waals surface area contributed by atoms with Crippen molar-refractivity contribution < 1.29 is 19.1 Å². The zero-order valence-corrected chi connectivity index (χ0v) is 22.8. The highest BCUT2D eigenvalue weighted by molar-refractivity contribution is 6.34. The summed E-state index contributed by atoms with van der Waals surface area (Å²) in [6.07, 6.45) is 3.80. The first-order chi connectivity index (χ1) is 20.0. The van der Waals surface area contributed by atoms with Gasteiger partial charge in [0.05, 0.1) is 24.1 Å². The van der Waals surface area contributed by atoms with Crippen molar-refractivity contribution in [2.75, 3.05) is 12.4 Å². The third-order valence-electron chi connectivity index (χ3n) is 8.64. The molecule has 3 heterocycles. The Morgan fingerprint density at radius 3 is 2.37 bits per heavy atom. The molecule has 4 aromatic rings. The number of benzene rings is 4. The van der Waals surface area contributed by atoms with E-state index < -0.39 is 23.4 Å². The highest BCUT2D eigenvalue weighted by atomic mass is 35.5. The van der Waals surface area contributed by atoms with Crippen LogP contribution in [-0.4, -0.2) is 35.5 Å². The first-order valence-corrected chi connectivity index (χ1v) is 13.8. The molecule has 4 atom stereocenters. The molecule has 1 amide bonds. The van der Waals surface area contributed by atoms with Crippen LogP contribution in [0.5, 0.6) is 5.75 Å². The predicted octanol–water partition coefficient (Wildman–Crippen LogP) is 6.33. The average Bonchev–Trinajstić information content (AvgIpc) is 3.49. The van der Waals surface area contributed by atoms with Gasteiger partial charge in [0.25, 0.3) is 0 Å². The number of carbonyl (C=O) groups excluding carboxylic acids is 3. The lowest BCUT2D eigenvalue weighted by Crippen LogP contribution is -2.49. The standard InChI is InChI=1S/C34H25ClN2O4/c1-41-22-16-14-21(15-17-22)30(38)29-28(31(39)24-10-4-6-12-26(24)35)34(25-11-5-7-13-27(25)36-33(34)40)32-23-9-3-2-8-20(23)18-19-37(29)32/h2-19,28-29,32H,1H3,(H,36,40)/t28-,29+,32+,34-/m0/s1. The molecule has 0 saturated carbocycles. The van der Waals surface area contributed by atoms with Gasteiger partial charge in [-0.05, 0) is 65.2 Å². The summed E-state index contributed by atoms with van der Waals surface area (Å²) >= 11 is 6.59. The van der Waals surface area contributed by atoms with Gasteiger partial charge in [-0.15, -0.1) is 0 Å². The Bertz CT molecular complexity index is 1760. The normalized spacial score (nSPS) is 23.5. The number of nitrogens with zero attached hydrogens (tertiary/aromatic N) is 1. The topological polar surface area (TPSA) is 75.7 Å². The Morgan fingerprint density at radius 1 is 0.878 bits per heavy atom. The number of amides is 1. The molecule has 202 valence electrons. The zero-order chi connectivity index (χ0) is 28.3. The van der Waals surface area contributed by atoms with Crippen LogP contribution in [0.25, 0.3) is 6.08 Å². The van der Waals surface area contributed by atoms with Crippen LogP contribution in [0, 0.1) is 5.92 Å². The predicted molar refractivity (Wildman–Crippen MR) is 157 cm³/mol. The Kier molecular flexibility index (Phi) is 5.84. The number of para-hydroxylation sites is 1. The number of anilines is 1. The monoisotopic (exact) mass is 560 g/mol. The maximum absolute atomic E-state index is 14.8. The van der Waals surface area contributed by atoms with Crippen LogP contribution in [-0.2, 0) is 10.2 Å². The van der Waals surface area contributed by atoms with E-state index in [1.807, 2.05) is 65.7 Å². The Balaban J connectivity index is 1.53. The van der Waals surface area contributed by atoms with Gasteiger partial charge in [0.15, 0.2) is 11.6 Å². The molecule has 0 unspecified atom stereocenters. The summed E-state index contributed by atoms with van der Waals surface area (Å²) < 4.78 is 5.30. The summed E-state index contributed by atoms with van der Waals surface area (Å²) in [6.45, 7) is 0. The van der Waals surface area contributed by atoms with E-state index in [0.717, 1.165) is 11.1 Å². The summed E-state index contributed by atoms with van der Waals surface area (Å²) in [5.41, 5.74) is 2.44. The number of Topliss-reactive ketones (excluding diaryl/α,β-unsaturated/α-hetero) is 2. The Morgan fingerprint density at radius 2 is 1.59 bits per heavy atom. The number of methoxy groups -OCH3 is 1. The van der Waals surface area contributed by atoms with Gasteiger partial charge in [-0.3, -0.25) is 14.4 Å². The molecule has 0 radical (unpaired) electrons. The smallest absolute Gasteiger partial charge is 0.238 e. The third-order valence-corrected chi connectivity index (χ3v) is 8.96. The number of halogens is 1. The van der Waals surface area contributed by atoms with Gasteiger partial charge >= 0.3 is 0 Å². The molecule has 1 saturated heterocycles. The average molecular weight is 561 g/mol. The highest BCUT2D eigenvalue weighted by Gasteiger charge is 2.70. The largest absolute Gasteiger partial charge is 0.497 e. The van der Waals surface area contributed by atoms with E-state index in [9.17, 15) is 14.4 Å². The van der Waals surface area contributed by atoms with E-state index in [2.05, 4.69) is 5.32 Å². The van der Waals surface area contributed by atoms with Gasteiger partial charge in [-0.1, -0.05) is 66.2 Å². The van der Waals surface area contributed by atoms with Crippen molar-refractivity contribution in [3.8, 4) is 5.75 Å². The fraction of sp³-hybridized carbons (Fsp3) is 0.147. The van der Waals surface area contributed by atoms with E-state index >= 15 is 0 Å². The van der Waals surface area contributed by atoms with E-state index in [-0.39, 0.29) is 28.1 Å². The van der Waals surface area contributed by atoms with E-state index in [0.29, 0.717) is 22.6 Å². The lowest BCUT2D eigenvalue weighted by molar-refractivity contribution is -0.122. The zero-order valence-electron chi connectivity index (χ0n) is 22.1. The number of ketones is 2. The molecule has 0 aromatic heterocycles. The second-order valence-corrected chi connectivity index (χ2v) is 10.9. The van der Waals surface area contributed by atoms with Gasteiger partial charge in [0, 0.05) is 23.0 Å². The van der Waals surface area contributed by atoms with Crippen LogP contribution in [0.4, 0.5) is 5.69 Å². The van der Waals surface area contributed by atoms with Crippen molar-refractivity contribution in [1.29, 1.82) is 0 Å². The highest BCUT2D eigenvalue weighted by Crippen LogP contribution is 2.62. The van der Waals surface area contributed by atoms with E-state index in [4.69, 9.17) is 16.3 Å². The lowest BCUT2D eigenvalue weighted by atomic mass is 9.62. The van der Waals surface area contributed by atoms with Crippen LogP contribution in [0.2, 0.25) is 5.02 Å². The molecule has 1 spiro atoms. The molecule has 7 heteroatoms. The first kappa shape index (κ1) is 25.3. The van der Waals surface area contributed by atoms with Crippen molar-refractivity contribution in [2.24, 2.45) is 5.92 Å². The van der Waals surface area contributed by atoms with Crippen molar-refractivity contribution >= 4 is 40.8 Å². The van der Waals surface area contributed by atoms with Gasteiger partial charge in [-0.25, -0.2) is 0 Å². The first-order valence-electron chi connectivity index (χ1n) is 13.4. The second kappa shape index (κ2) is 9.46. The lowest BCUT2D eigenvalue weighted by Gasteiger charge is -2.38. The van der Waals surface area contributed by atoms with Crippen LogP contribution in [0.1, 0.15) is 43.4 Å². The summed E-state index contributed by atoms with van der Waals surface area (Å²) in [6, 6.07) is 27.3. The molecular formula is C34H25ClN2O4. The molecule has 41 heavy (non-hydrogen) atoms. The molecule has 0 aliphatic carbocycles.